The standard InChI is InChI=1S/C13H17N3O3S/c1-17-13(4-6-18-7-5-13)12-15-11(19-16-12)3-2-10-8-20-9-14-10/h8-9H,2-7H2,1H3. The van der Waals surface area contributed by atoms with Crippen LogP contribution in [0.25, 0.3) is 0 Å². The number of hydrogen-bond acceptors (Lipinski definition) is 7. The molecule has 3 heterocycles. The Morgan fingerprint density at radius 3 is 2.90 bits per heavy atom. The largest absolute Gasteiger partial charge is 0.381 e. The van der Waals surface area contributed by atoms with Crippen molar-refractivity contribution in [2.45, 2.75) is 31.3 Å². The number of rotatable bonds is 5. The highest BCUT2D eigenvalue weighted by atomic mass is 32.1. The van der Waals surface area contributed by atoms with Crippen molar-refractivity contribution in [3.8, 4) is 0 Å². The number of hydrogen-bond donors (Lipinski definition) is 0. The van der Waals surface area contributed by atoms with Gasteiger partial charge in [0, 0.05) is 45.0 Å². The number of nitrogens with zero attached hydrogens (tertiary/aromatic N) is 3. The van der Waals surface area contributed by atoms with E-state index in [1.807, 2.05) is 10.9 Å². The van der Waals surface area contributed by atoms with E-state index >= 15 is 0 Å². The van der Waals surface area contributed by atoms with Crippen LogP contribution in [-0.2, 0) is 27.9 Å². The molecule has 2 aromatic heterocycles. The highest BCUT2D eigenvalue weighted by molar-refractivity contribution is 7.07. The minimum atomic E-state index is -0.458. The van der Waals surface area contributed by atoms with Crippen LogP contribution in [0.15, 0.2) is 15.4 Å². The van der Waals surface area contributed by atoms with E-state index in [1.54, 1.807) is 18.4 Å². The first-order valence-electron chi connectivity index (χ1n) is 6.65. The maximum Gasteiger partial charge on any atom is 0.227 e. The summed E-state index contributed by atoms with van der Waals surface area (Å²) in [6.07, 6.45) is 3.03. The third kappa shape index (κ3) is 2.74. The first-order valence-corrected chi connectivity index (χ1v) is 7.60. The Morgan fingerprint density at radius 1 is 1.35 bits per heavy atom. The Bertz CT molecular complexity index is 535. The molecule has 0 radical (unpaired) electrons. The molecule has 0 spiro atoms. The number of methoxy groups -OCH3 is 1. The molecule has 1 fully saturated rings. The molecular formula is C13H17N3O3S. The SMILES string of the molecule is COC1(c2noc(CCc3cscn3)n2)CCOCC1. The van der Waals surface area contributed by atoms with Gasteiger partial charge < -0.3 is 14.0 Å². The van der Waals surface area contributed by atoms with E-state index < -0.39 is 5.60 Å². The zero-order valence-corrected chi connectivity index (χ0v) is 12.2. The number of aromatic nitrogens is 3. The molecule has 20 heavy (non-hydrogen) atoms. The molecule has 2 aromatic rings. The van der Waals surface area contributed by atoms with Gasteiger partial charge in [-0.2, -0.15) is 4.98 Å². The van der Waals surface area contributed by atoms with Gasteiger partial charge in [0.2, 0.25) is 11.7 Å². The van der Waals surface area contributed by atoms with E-state index in [2.05, 4.69) is 15.1 Å². The van der Waals surface area contributed by atoms with Gasteiger partial charge in [-0.15, -0.1) is 11.3 Å². The lowest BCUT2D eigenvalue weighted by Gasteiger charge is -2.32. The lowest BCUT2D eigenvalue weighted by molar-refractivity contribution is -0.101. The molecule has 6 nitrogen and oxygen atoms in total. The fraction of sp³-hybridized carbons (Fsp3) is 0.615. The molecule has 0 N–H and O–H groups in total. The number of thiazole rings is 1. The molecule has 108 valence electrons. The van der Waals surface area contributed by atoms with Crippen molar-refractivity contribution in [3.63, 3.8) is 0 Å². The predicted molar refractivity (Wildman–Crippen MR) is 72.6 cm³/mol. The monoisotopic (exact) mass is 295 g/mol. The van der Waals surface area contributed by atoms with Gasteiger partial charge in [-0.3, -0.25) is 0 Å². The van der Waals surface area contributed by atoms with Gasteiger partial charge in [0.25, 0.3) is 0 Å². The van der Waals surface area contributed by atoms with Crippen molar-refractivity contribution in [1.82, 2.24) is 15.1 Å². The lowest BCUT2D eigenvalue weighted by atomic mass is 9.93. The van der Waals surface area contributed by atoms with Crippen LogP contribution in [-0.4, -0.2) is 35.4 Å². The maximum absolute atomic E-state index is 5.65. The Labute approximate surface area is 121 Å². The van der Waals surface area contributed by atoms with Crippen LogP contribution in [0.4, 0.5) is 0 Å². The van der Waals surface area contributed by atoms with Crippen LogP contribution in [0, 0.1) is 0 Å². The second-order valence-corrected chi connectivity index (χ2v) is 5.52. The van der Waals surface area contributed by atoms with Crippen LogP contribution >= 0.6 is 11.3 Å². The Balaban J connectivity index is 1.69. The van der Waals surface area contributed by atoms with E-state index in [1.165, 1.54) is 0 Å². The van der Waals surface area contributed by atoms with Crippen LogP contribution in [0.3, 0.4) is 0 Å². The van der Waals surface area contributed by atoms with E-state index in [0.29, 0.717) is 31.3 Å². The fourth-order valence-electron chi connectivity index (χ4n) is 2.36. The first-order chi connectivity index (χ1) is 9.82. The first kappa shape index (κ1) is 13.7. The van der Waals surface area contributed by atoms with E-state index in [9.17, 15) is 0 Å². The van der Waals surface area contributed by atoms with Crippen molar-refractivity contribution >= 4 is 11.3 Å². The highest BCUT2D eigenvalue weighted by Gasteiger charge is 2.39. The average Bonchev–Trinajstić information content (AvgIpc) is 3.17. The second kappa shape index (κ2) is 5.99. The van der Waals surface area contributed by atoms with Crippen LogP contribution < -0.4 is 0 Å². The quantitative estimate of drug-likeness (QED) is 0.840. The Hall–Kier alpha value is -1.31. The summed E-state index contributed by atoms with van der Waals surface area (Å²) in [4.78, 5) is 8.74. The van der Waals surface area contributed by atoms with Gasteiger partial charge in [-0.1, -0.05) is 5.16 Å². The van der Waals surface area contributed by atoms with Gasteiger partial charge in [-0.05, 0) is 6.42 Å². The van der Waals surface area contributed by atoms with Crippen molar-refractivity contribution in [2.75, 3.05) is 20.3 Å². The summed E-state index contributed by atoms with van der Waals surface area (Å²) in [5, 5.41) is 6.13. The van der Waals surface area contributed by atoms with Crippen molar-refractivity contribution in [1.29, 1.82) is 0 Å². The number of aryl methyl sites for hydroxylation is 2. The molecule has 0 unspecified atom stereocenters. The van der Waals surface area contributed by atoms with Crippen molar-refractivity contribution in [3.05, 3.63) is 28.3 Å². The average molecular weight is 295 g/mol. The Kier molecular flexibility index (Phi) is 4.09. The molecule has 0 saturated carbocycles. The molecule has 0 atom stereocenters. The zero-order valence-electron chi connectivity index (χ0n) is 11.4. The molecular weight excluding hydrogens is 278 g/mol. The summed E-state index contributed by atoms with van der Waals surface area (Å²) in [6, 6.07) is 0. The summed E-state index contributed by atoms with van der Waals surface area (Å²) in [6.45, 7) is 1.33. The molecule has 1 aliphatic heterocycles. The molecule has 0 bridgehead atoms. The molecule has 1 aliphatic rings. The minimum Gasteiger partial charge on any atom is -0.381 e. The van der Waals surface area contributed by atoms with Gasteiger partial charge >= 0.3 is 0 Å². The second-order valence-electron chi connectivity index (χ2n) is 4.80. The fourth-order valence-corrected chi connectivity index (χ4v) is 2.95. The topological polar surface area (TPSA) is 70.3 Å². The van der Waals surface area contributed by atoms with Gasteiger partial charge in [0.1, 0.15) is 5.60 Å². The maximum atomic E-state index is 5.65. The van der Waals surface area contributed by atoms with Crippen molar-refractivity contribution < 1.29 is 14.0 Å². The van der Waals surface area contributed by atoms with Gasteiger partial charge in [0.15, 0.2) is 0 Å². The lowest BCUT2D eigenvalue weighted by Crippen LogP contribution is -2.36. The van der Waals surface area contributed by atoms with Gasteiger partial charge in [0.05, 0.1) is 11.2 Å². The van der Waals surface area contributed by atoms with Crippen LogP contribution in [0.1, 0.15) is 30.3 Å². The van der Waals surface area contributed by atoms with Crippen LogP contribution in [0.2, 0.25) is 0 Å². The minimum absolute atomic E-state index is 0.458. The molecule has 3 rings (SSSR count). The van der Waals surface area contributed by atoms with Crippen molar-refractivity contribution in [2.24, 2.45) is 0 Å². The molecule has 0 amide bonds. The molecule has 7 heteroatoms. The normalized spacial score (nSPS) is 18.2. The molecule has 0 aromatic carbocycles. The summed E-state index contributed by atoms with van der Waals surface area (Å²) in [7, 11) is 1.69. The van der Waals surface area contributed by atoms with Gasteiger partial charge in [-0.25, -0.2) is 4.98 Å². The van der Waals surface area contributed by atoms with E-state index in [0.717, 1.165) is 25.0 Å². The number of ether oxygens (including phenoxy) is 2. The third-order valence-corrected chi connectivity index (χ3v) is 4.28. The summed E-state index contributed by atoms with van der Waals surface area (Å²) < 4.78 is 16.4. The predicted octanol–water partition coefficient (Wildman–Crippen LogP) is 1.96. The third-order valence-electron chi connectivity index (χ3n) is 3.65. The highest BCUT2D eigenvalue weighted by Crippen LogP contribution is 2.33. The van der Waals surface area contributed by atoms with E-state index in [-0.39, 0.29) is 0 Å². The van der Waals surface area contributed by atoms with Crippen LogP contribution in [0.5, 0.6) is 0 Å². The molecule has 1 saturated heterocycles. The molecule has 0 aliphatic carbocycles. The Morgan fingerprint density at radius 2 is 2.20 bits per heavy atom. The summed E-state index contributed by atoms with van der Waals surface area (Å²) in [5.41, 5.74) is 2.43. The summed E-state index contributed by atoms with van der Waals surface area (Å²) >= 11 is 1.59. The zero-order chi connectivity index (χ0) is 13.8. The summed E-state index contributed by atoms with van der Waals surface area (Å²) in [5.74, 6) is 1.27. The smallest absolute Gasteiger partial charge is 0.227 e. The van der Waals surface area contributed by atoms with E-state index in [4.69, 9.17) is 14.0 Å².